The number of piperidine rings is 1. The quantitative estimate of drug-likeness (QED) is 0.626. The van der Waals surface area contributed by atoms with Gasteiger partial charge >= 0.3 is 0 Å². The summed E-state index contributed by atoms with van der Waals surface area (Å²) in [5, 5.41) is 7.44. The molecule has 0 radical (unpaired) electrons. The second-order valence-electron chi connectivity index (χ2n) is 6.81. The van der Waals surface area contributed by atoms with Gasteiger partial charge in [-0.1, -0.05) is 37.6 Å². The van der Waals surface area contributed by atoms with E-state index in [9.17, 15) is 4.79 Å². The zero-order chi connectivity index (χ0) is 17.2. The van der Waals surface area contributed by atoms with Crippen LogP contribution in [0.15, 0.2) is 24.3 Å². The van der Waals surface area contributed by atoms with E-state index in [4.69, 9.17) is 11.6 Å². The Morgan fingerprint density at radius 3 is 2.56 bits per heavy atom. The zero-order valence-electron chi connectivity index (χ0n) is 14.8. The van der Waals surface area contributed by atoms with Crippen LogP contribution in [-0.4, -0.2) is 31.1 Å². The largest absolute Gasteiger partial charge is 0.345 e. The number of hydrogen-bond acceptors (Lipinski definition) is 4. The third kappa shape index (κ3) is 4.12. The van der Waals surface area contributed by atoms with Crippen molar-refractivity contribution in [1.82, 2.24) is 21.5 Å². The van der Waals surface area contributed by atoms with E-state index in [1.807, 2.05) is 24.3 Å². The third-order valence-corrected chi connectivity index (χ3v) is 5.88. The molecule has 2 aliphatic rings. The molecule has 140 valence electrons. The number of rotatable bonds is 5. The maximum absolute atomic E-state index is 13.0. The molecule has 0 saturated carbocycles. The molecule has 4 N–H and O–H groups in total. The minimum atomic E-state index is -0.358. The van der Waals surface area contributed by atoms with Gasteiger partial charge in [0.1, 0.15) is 6.04 Å². The predicted octanol–water partition coefficient (Wildman–Crippen LogP) is 2.35. The number of carbonyl (C=O) groups is 1. The summed E-state index contributed by atoms with van der Waals surface area (Å²) in [5.74, 6) is 0.354. The lowest BCUT2D eigenvalue weighted by Gasteiger charge is -2.36. The molecule has 3 unspecified atom stereocenters. The lowest BCUT2D eigenvalue weighted by Crippen LogP contribution is -2.55. The van der Waals surface area contributed by atoms with Gasteiger partial charge < -0.3 is 10.6 Å². The van der Waals surface area contributed by atoms with E-state index in [2.05, 4.69) is 35.3 Å². The van der Waals surface area contributed by atoms with Crippen molar-refractivity contribution in [2.24, 2.45) is 5.92 Å². The van der Waals surface area contributed by atoms with Crippen molar-refractivity contribution in [3.63, 3.8) is 0 Å². The Bertz CT molecular complexity index is 577. The van der Waals surface area contributed by atoms with Crippen LogP contribution in [0, 0.1) is 5.92 Å². The summed E-state index contributed by atoms with van der Waals surface area (Å²) in [7, 11) is 0. The minimum absolute atomic E-state index is 0. The van der Waals surface area contributed by atoms with E-state index in [1.54, 1.807) is 0 Å². The van der Waals surface area contributed by atoms with Crippen molar-refractivity contribution in [3.05, 3.63) is 34.9 Å². The Labute approximate surface area is 161 Å². The maximum atomic E-state index is 13.0. The third-order valence-electron chi connectivity index (χ3n) is 5.63. The van der Waals surface area contributed by atoms with E-state index >= 15 is 0 Å². The predicted molar refractivity (Wildman–Crippen MR) is 104 cm³/mol. The van der Waals surface area contributed by atoms with Gasteiger partial charge in [-0.05, 0) is 43.5 Å². The zero-order valence-corrected chi connectivity index (χ0v) is 16.3. The molecule has 0 spiro atoms. The molecular weight excluding hydrogens is 359 g/mol. The van der Waals surface area contributed by atoms with Crippen LogP contribution in [0.4, 0.5) is 0 Å². The molecule has 25 heavy (non-hydrogen) atoms. The highest BCUT2D eigenvalue weighted by Gasteiger charge is 2.43. The summed E-state index contributed by atoms with van der Waals surface area (Å²) in [6.45, 7) is 6.10. The van der Waals surface area contributed by atoms with E-state index < -0.39 is 0 Å². The molecule has 2 aliphatic heterocycles. The summed E-state index contributed by atoms with van der Waals surface area (Å²) in [6, 6.07) is 7.98. The highest BCUT2D eigenvalue weighted by atomic mass is 35.5. The van der Waals surface area contributed by atoms with Crippen molar-refractivity contribution in [2.45, 2.75) is 50.7 Å². The number of fused-ring (bicyclic) bond motifs is 1. The average Bonchev–Trinajstić information content (AvgIpc) is 3.05. The fourth-order valence-corrected chi connectivity index (χ4v) is 4.09. The monoisotopic (exact) mass is 386 g/mol. The van der Waals surface area contributed by atoms with Crippen LogP contribution in [-0.2, 0) is 10.3 Å². The van der Waals surface area contributed by atoms with Crippen molar-refractivity contribution in [2.75, 3.05) is 13.1 Å². The van der Waals surface area contributed by atoms with Gasteiger partial charge in [0.15, 0.2) is 0 Å². The van der Waals surface area contributed by atoms with E-state index in [0.717, 1.165) is 37.9 Å². The normalized spacial score (nSPS) is 25.8. The second-order valence-corrected chi connectivity index (χ2v) is 7.25. The molecule has 0 aliphatic carbocycles. The number of hydrazine groups is 1. The standard InChI is InChI=1S/C18H27ClN4O.ClH/c1-3-18(4-2,12-5-7-13(19)8-6-12)21-17(24)16-14-11-20-10-9-15(14)22-23-16;/h5-8,14-16,20,22-23H,3-4,9-11H2,1-2H3,(H,21,24);1H. The molecule has 3 rings (SSSR count). The topological polar surface area (TPSA) is 65.2 Å². The molecule has 2 fully saturated rings. The van der Waals surface area contributed by atoms with E-state index in [-0.39, 0.29) is 35.8 Å². The summed E-state index contributed by atoms with van der Waals surface area (Å²) in [6.07, 6.45) is 2.72. The first-order chi connectivity index (χ1) is 11.6. The molecule has 1 aromatic rings. The molecule has 1 amide bonds. The van der Waals surface area contributed by atoms with Crippen LogP contribution in [0.2, 0.25) is 5.02 Å². The Morgan fingerprint density at radius 2 is 1.92 bits per heavy atom. The van der Waals surface area contributed by atoms with Gasteiger partial charge in [0.05, 0.1) is 5.54 Å². The Morgan fingerprint density at radius 1 is 1.24 bits per heavy atom. The molecule has 0 aromatic heterocycles. The lowest BCUT2D eigenvalue weighted by molar-refractivity contribution is -0.126. The fraction of sp³-hybridized carbons (Fsp3) is 0.611. The number of benzene rings is 1. The number of halogens is 2. The molecule has 0 bridgehead atoms. The maximum Gasteiger partial charge on any atom is 0.239 e. The summed E-state index contributed by atoms with van der Waals surface area (Å²) < 4.78 is 0. The first-order valence-electron chi connectivity index (χ1n) is 8.89. The highest BCUT2D eigenvalue weighted by molar-refractivity contribution is 6.30. The first-order valence-corrected chi connectivity index (χ1v) is 9.27. The molecule has 1 aromatic carbocycles. The van der Waals surface area contributed by atoms with Gasteiger partial charge in [0.2, 0.25) is 5.91 Å². The molecule has 3 atom stereocenters. The van der Waals surface area contributed by atoms with Gasteiger partial charge in [-0.25, -0.2) is 5.43 Å². The van der Waals surface area contributed by atoms with Gasteiger partial charge in [-0.2, -0.15) is 0 Å². The molecule has 7 heteroatoms. The number of nitrogens with one attached hydrogen (secondary N) is 4. The van der Waals surface area contributed by atoms with E-state index in [1.165, 1.54) is 0 Å². The van der Waals surface area contributed by atoms with Crippen LogP contribution < -0.4 is 21.5 Å². The second kappa shape index (κ2) is 8.69. The van der Waals surface area contributed by atoms with Crippen molar-refractivity contribution >= 4 is 29.9 Å². The SMILES string of the molecule is CCC(CC)(NC(=O)C1NNC2CCNCC21)c1ccc(Cl)cc1.Cl. The van der Waals surface area contributed by atoms with Crippen molar-refractivity contribution in [1.29, 1.82) is 0 Å². The minimum Gasteiger partial charge on any atom is -0.345 e. The smallest absolute Gasteiger partial charge is 0.239 e. The average molecular weight is 387 g/mol. The van der Waals surface area contributed by atoms with Gasteiger partial charge in [-0.3, -0.25) is 10.2 Å². The first kappa shape index (κ1) is 20.5. The van der Waals surface area contributed by atoms with Gasteiger partial charge in [-0.15, -0.1) is 12.4 Å². The molecule has 2 heterocycles. The lowest BCUT2D eigenvalue weighted by atomic mass is 9.83. The number of hydrogen-bond donors (Lipinski definition) is 4. The van der Waals surface area contributed by atoms with Crippen LogP contribution in [0.25, 0.3) is 0 Å². The highest BCUT2D eigenvalue weighted by Crippen LogP contribution is 2.31. The van der Waals surface area contributed by atoms with Crippen molar-refractivity contribution in [3.8, 4) is 0 Å². The molecule has 2 saturated heterocycles. The fourth-order valence-electron chi connectivity index (χ4n) is 3.97. The van der Waals surface area contributed by atoms with Crippen LogP contribution >= 0.6 is 24.0 Å². The Hall–Kier alpha value is -0.850. The van der Waals surface area contributed by atoms with Crippen LogP contribution in [0.1, 0.15) is 38.7 Å². The van der Waals surface area contributed by atoms with Gasteiger partial charge in [0.25, 0.3) is 0 Å². The summed E-state index contributed by atoms with van der Waals surface area (Å²) in [5.41, 5.74) is 7.25. The summed E-state index contributed by atoms with van der Waals surface area (Å²) >= 11 is 6.02. The number of carbonyl (C=O) groups excluding carboxylic acids is 1. The van der Waals surface area contributed by atoms with E-state index in [0.29, 0.717) is 11.1 Å². The van der Waals surface area contributed by atoms with Crippen LogP contribution in [0.3, 0.4) is 0 Å². The van der Waals surface area contributed by atoms with Gasteiger partial charge in [0, 0.05) is 23.5 Å². The molecule has 5 nitrogen and oxygen atoms in total. The Kier molecular flexibility index (Phi) is 7.11. The Balaban J connectivity index is 0.00000225. The van der Waals surface area contributed by atoms with Crippen molar-refractivity contribution < 1.29 is 4.79 Å². The summed E-state index contributed by atoms with van der Waals surface area (Å²) in [4.78, 5) is 13.0. The van der Waals surface area contributed by atoms with Crippen LogP contribution in [0.5, 0.6) is 0 Å². The molecular formula is C18H28Cl2N4O. The number of amides is 1.